The minimum atomic E-state index is -0.144. The van der Waals surface area contributed by atoms with Crippen molar-refractivity contribution < 1.29 is 9.84 Å². The molecule has 0 fully saturated rings. The van der Waals surface area contributed by atoms with Gasteiger partial charge in [-0.2, -0.15) is 5.10 Å². The molecule has 0 aliphatic carbocycles. The Hall–Kier alpha value is -3.16. The lowest BCUT2D eigenvalue weighted by molar-refractivity contribution is 0.415. The normalized spacial score (nSPS) is 15.6. The zero-order valence-electron chi connectivity index (χ0n) is 17.3. The highest BCUT2D eigenvalue weighted by Crippen LogP contribution is 2.42. The second kappa shape index (κ2) is 8.76. The molecule has 0 radical (unpaired) electrons. The molecule has 32 heavy (non-hydrogen) atoms. The molecule has 1 unspecified atom stereocenters. The minimum absolute atomic E-state index is 0.144. The second-order valence-corrected chi connectivity index (χ2v) is 9.18. The van der Waals surface area contributed by atoms with Gasteiger partial charge in [-0.05, 0) is 48.0 Å². The maximum Gasteiger partial charge on any atom is 0.207 e. The molecule has 5 nitrogen and oxygen atoms in total. The standard InChI is InChI=1S/C25H20BrN3O2S/c1-31-19-11-9-16(10-12-19)21-14-23(20-7-2-3-8-24(20)30)29(28-21)25-27-22(15-32-25)17-5-4-6-18(26)13-17/h2-13,15,23,30H,14H2,1H3. The van der Waals surface area contributed by atoms with E-state index in [1.165, 1.54) is 0 Å². The predicted molar refractivity (Wildman–Crippen MR) is 133 cm³/mol. The Morgan fingerprint density at radius 2 is 1.84 bits per heavy atom. The van der Waals surface area contributed by atoms with E-state index in [-0.39, 0.29) is 11.8 Å². The summed E-state index contributed by atoms with van der Waals surface area (Å²) in [5.74, 6) is 1.07. The minimum Gasteiger partial charge on any atom is -0.508 e. The van der Waals surface area contributed by atoms with Crippen LogP contribution in [0.1, 0.15) is 23.6 Å². The number of aromatic hydroxyl groups is 1. The third-order valence-corrected chi connectivity index (χ3v) is 6.76. The quantitative estimate of drug-likeness (QED) is 0.330. The zero-order chi connectivity index (χ0) is 22.1. The SMILES string of the molecule is COc1ccc(C2=NN(c3nc(-c4cccc(Br)c4)cs3)C(c3ccccc3O)C2)cc1. The number of anilines is 1. The van der Waals surface area contributed by atoms with Gasteiger partial charge < -0.3 is 9.84 Å². The number of benzene rings is 3. The summed E-state index contributed by atoms with van der Waals surface area (Å²) in [5.41, 5.74) is 4.74. The van der Waals surface area contributed by atoms with Crippen LogP contribution in [0.15, 0.2) is 87.8 Å². The lowest BCUT2D eigenvalue weighted by Crippen LogP contribution is -2.18. The monoisotopic (exact) mass is 505 g/mol. The van der Waals surface area contributed by atoms with Crippen molar-refractivity contribution in [1.82, 2.24) is 4.98 Å². The summed E-state index contributed by atoms with van der Waals surface area (Å²) >= 11 is 5.08. The van der Waals surface area contributed by atoms with E-state index in [1.807, 2.05) is 71.1 Å². The number of thiazole rings is 1. The van der Waals surface area contributed by atoms with E-state index < -0.39 is 0 Å². The molecule has 0 amide bonds. The van der Waals surface area contributed by atoms with Crippen LogP contribution in [0.3, 0.4) is 0 Å². The zero-order valence-corrected chi connectivity index (χ0v) is 19.7. The number of rotatable bonds is 5. The Labute approximate surface area is 198 Å². The van der Waals surface area contributed by atoms with Crippen LogP contribution in [-0.4, -0.2) is 22.9 Å². The van der Waals surface area contributed by atoms with Gasteiger partial charge in [-0.15, -0.1) is 11.3 Å². The second-order valence-electron chi connectivity index (χ2n) is 7.42. The number of aromatic nitrogens is 1. The van der Waals surface area contributed by atoms with Gasteiger partial charge in [-0.1, -0.05) is 46.3 Å². The average molecular weight is 506 g/mol. The number of phenols is 1. The largest absolute Gasteiger partial charge is 0.508 e. The van der Waals surface area contributed by atoms with Gasteiger partial charge in [0.15, 0.2) is 0 Å². The molecule has 0 spiro atoms. The molecule has 1 aliphatic heterocycles. The van der Waals surface area contributed by atoms with Crippen LogP contribution in [-0.2, 0) is 0 Å². The lowest BCUT2D eigenvalue weighted by Gasteiger charge is -2.21. The van der Waals surface area contributed by atoms with Crippen LogP contribution >= 0.6 is 27.3 Å². The third kappa shape index (κ3) is 4.01. The average Bonchev–Trinajstić information content (AvgIpc) is 3.47. The van der Waals surface area contributed by atoms with E-state index in [4.69, 9.17) is 14.8 Å². The summed E-state index contributed by atoms with van der Waals surface area (Å²) in [6.07, 6.45) is 0.662. The van der Waals surface area contributed by atoms with Crippen molar-refractivity contribution in [2.24, 2.45) is 5.10 Å². The van der Waals surface area contributed by atoms with Gasteiger partial charge in [0.2, 0.25) is 5.13 Å². The fourth-order valence-corrected chi connectivity index (χ4v) is 5.04. The first kappa shape index (κ1) is 20.7. The van der Waals surface area contributed by atoms with Gasteiger partial charge in [0.1, 0.15) is 11.5 Å². The molecule has 7 heteroatoms. The summed E-state index contributed by atoms with van der Waals surface area (Å²) in [6.45, 7) is 0. The van der Waals surface area contributed by atoms with Crippen molar-refractivity contribution in [1.29, 1.82) is 0 Å². The molecule has 4 aromatic rings. The van der Waals surface area contributed by atoms with Gasteiger partial charge in [0.25, 0.3) is 0 Å². The Bertz CT molecular complexity index is 1290. The number of hydrazone groups is 1. The molecule has 1 aliphatic rings. The van der Waals surface area contributed by atoms with Crippen LogP contribution in [0.4, 0.5) is 5.13 Å². The fraction of sp³-hybridized carbons (Fsp3) is 0.120. The summed E-state index contributed by atoms with van der Waals surface area (Å²) in [5, 5.41) is 20.3. The van der Waals surface area contributed by atoms with Gasteiger partial charge in [-0.25, -0.2) is 9.99 Å². The Balaban J connectivity index is 1.54. The Morgan fingerprint density at radius 3 is 2.59 bits per heavy atom. The molecule has 5 rings (SSSR count). The van der Waals surface area contributed by atoms with Crippen molar-refractivity contribution >= 4 is 38.1 Å². The number of ether oxygens (including phenoxy) is 1. The summed E-state index contributed by atoms with van der Waals surface area (Å²) in [7, 11) is 1.66. The first-order chi connectivity index (χ1) is 15.6. The van der Waals surface area contributed by atoms with E-state index >= 15 is 0 Å². The van der Waals surface area contributed by atoms with E-state index in [2.05, 4.69) is 22.0 Å². The van der Waals surface area contributed by atoms with Crippen molar-refractivity contribution in [2.45, 2.75) is 12.5 Å². The van der Waals surface area contributed by atoms with Crippen LogP contribution in [0.5, 0.6) is 11.5 Å². The van der Waals surface area contributed by atoms with Crippen LogP contribution < -0.4 is 9.75 Å². The van der Waals surface area contributed by atoms with E-state index in [9.17, 15) is 5.11 Å². The number of nitrogens with zero attached hydrogens (tertiary/aromatic N) is 3. The number of phenolic OH excluding ortho intramolecular Hbond substituents is 1. The maximum atomic E-state index is 10.6. The summed E-state index contributed by atoms with van der Waals surface area (Å²) in [6, 6.07) is 23.3. The van der Waals surface area contributed by atoms with Gasteiger partial charge in [0.05, 0.1) is 24.6 Å². The molecule has 2 heterocycles. The molecule has 0 saturated carbocycles. The summed E-state index contributed by atoms with van der Waals surface area (Å²) in [4.78, 5) is 4.88. The number of halogens is 1. The van der Waals surface area contributed by atoms with E-state index in [0.717, 1.165) is 43.4 Å². The maximum absolute atomic E-state index is 10.6. The molecule has 0 bridgehead atoms. The highest BCUT2D eigenvalue weighted by molar-refractivity contribution is 9.10. The summed E-state index contributed by atoms with van der Waals surface area (Å²) < 4.78 is 6.30. The molecular formula is C25H20BrN3O2S. The fourth-order valence-electron chi connectivity index (χ4n) is 3.81. The first-order valence-corrected chi connectivity index (χ1v) is 11.8. The highest BCUT2D eigenvalue weighted by Gasteiger charge is 2.33. The number of hydrogen-bond acceptors (Lipinski definition) is 6. The van der Waals surface area contributed by atoms with Gasteiger partial charge in [0, 0.05) is 27.4 Å². The molecule has 1 N–H and O–H groups in total. The van der Waals surface area contributed by atoms with Crippen LogP contribution in [0, 0.1) is 0 Å². The van der Waals surface area contributed by atoms with Gasteiger partial charge >= 0.3 is 0 Å². The first-order valence-electron chi connectivity index (χ1n) is 10.1. The number of para-hydroxylation sites is 1. The van der Waals surface area contributed by atoms with Gasteiger partial charge in [-0.3, -0.25) is 0 Å². The smallest absolute Gasteiger partial charge is 0.207 e. The third-order valence-electron chi connectivity index (χ3n) is 5.44. The topological polar surface area (TPSA) is 58.0 Å². The molecule has 3 aromatic carbocycles. The van der Waals surface area contributed by atoms with Crippen LogP contribution in [0.25, 0.3) is 11.3 Å². The Morgan fingerprint density at radius 1 is 1.03 bits per heavy atom. The van der Waals surface area contributed by atoms with Crippen molar-refractivity contribution in [2.75, 3.05) is 12.1 Å². The number of hydrogen-bond donors (Lipinski definition) is 1. The van der Waals surface area contributed by atoms with E-state index in [0.29, 0.717) is 6.42 Å². The van der Waals surface area contributed by atoms with Crippen molar-refractivity contribution in [3.63, 3.8) is 0 Å². The number of methoxy groups -OCH3 is 1. The molecule has 1 atom stereocenters. The van der Waals surface area contributed by atoms with Crippen LogP contribution in [0.2, 0.25) is 0 Å². The van der Waals surface area contributed by atoms with Crippen molar-refractivity contribution in [3.05, 3.63) is 93.8 Å². The highest BCUT2D eigenvalue weighted by atomic mass is 79.9. The molecule has 0 saturated heterocycles. The Kier molecular flexibility index (Phi) is 5.68. The molecular weight excluding hydrogens is 486 g/mol. The van der Waals surface area contributed by atoms with Crippen molar-refractivity contribution in [3.8, 4) is 22.8 Å². The molecule has 1 aromatic heterocycles. The predicted octanol–water partition coefficient (Wildman–Crippen LogP) is 6.64. The lowest BCUT2D eigenvalue weighted by atomic mass is 9.98. The van der Waals surface area contributed by atoms with E-state index in [1.54, 1.807) is 24.5 Å². The molecule has 160 valence electrons.